The second kappa shape index (κ2) is 21.9. The molecule has 460 valence electrons. The van der Waals surface area contributed by atoms with E-state index in [1.54, 1.807) is 0 Å². The van der Waals surface area contributed by atoms with Gasteiger partial charge in [0, 0.05) is 22.9 Å². The number of rotatable bonds is 13. The van der Waals surface area contributed by atoms with Crippen molar-refractivity contribution in [2.45, 2.75) is 30.7 Å². The van der Waals surface area contributed by atoms with E-state index in [9.17, 15) is 121 Å². The maximum atomic E-state index is 15.0. The van der Waals surface area contributed by atoms with Gasteiger partial charge < -0.3 is 134 Å². The number of phenolic OH excluding ortho intramolecular Hbond substituents is 18. The number of esters is 5. The lowest BCUT2D eigenvalue weighted by atomic mass is 9.97. The van der Waals surface area contributed by atoms with Gasteiger partial charge in [0.1, 0.15) is 18.3 Å². The van der Waals surface area contributed by atoms with E-state index in [4.69, 9.17) is 42.0 Å². The Labute approximate surface area is 487 Å². The molecule has 0 radical (unpaired) electrons. The van der Waals surface area contributed by atoms with Crippen LogP contribution in [0.1, 0.15) is 51.8 Å². The SMILES string of the molecule is O=C(OCC1OC(OC(=O)c2cc(O)c(O)c(O)c2)C(OC(=O)c2cc(O)c(O)c(O)c2)C(OC(=O)c2cc(O)c(O)c(O)c2)C1OC(=O)c1cc(O)c(O)c(O)c1Oc1cc2c(=O)oc3c(O)c(O)cc4c(=O)oc(c1O)c2c34)c1cc(O)c(O)c(O)c1. The zero-order chi connectivity index (χ0) is 64.7. The molecule has 0 saturated carbocycles. The molecule has 0 amide bonds. The summed E-state index contributed by atoms with van der Waals surface area (Å²) in [5, 5.41) is 186. The summed E-state index contributed by atoms with van der Waals surface area (Å²) in [6, 6.07) is 5.55. The summed E-state index contributed by atoms with van der Waals surface area (Å²) in [5.41, 5.74) is -9.32. The first kappa shape index (κ1) is 59.2. The molecule has 10 rings (SSSR count). The molecule has 34 heteroatoms. The minimum Gasteiger partial charge on any atom is -0.504 e. The molecule has 89 heavy (non-hydrogen) atoms. The fourth-order valence-corrected chi connectivity index (χ4v) is 9.02. The maximum Gasteiger partial charge on any atom is 0.344 e. The van der Waals surface area contributed by atoms with E-state index >= 15 is 4.79 Å². The molecule has 2 aromatic heterocycles. The Morgan fingerprint density at radius 3 is 1.20 bits per heavy atom. The van der Waals surface area contributed by atoms with E-state index in [0.29, 0.717) is 54.6 Å². The van der Waals surface area contributed by atoms with Crippen LogP contribution in [0.25, 0.3) is 32.7 Å². The summed E-state index contributed by atoms with van der Waals surface area (Å²) in [6.07, 6.45) is -13.5. The van der Waals surface area contributed by atoms with E-state index in [0.717, 1.165) is 6.07 Å². The highest BCUT2D eigenvalue weighted by Gasteiger charge is 2.55. The van der Waals surface area contributed by atoms with Crippen molar-refractivity contribution in [1.29, 1.82) is 0 Å². The van der Waals surface area contributed by atoms with Gasteiger partial charge in [-0.1, -0.05) is 0 Å². The summed E-state index contributed by atoms with van der Waals surface area (Å²) in [7, 11) is 0. The molecular formula is C55H36O34. The lowest BCUT2D eigenvalue weighted by Gasteiger charge is -2.44. The molecule has 0 aliphatic carbocycles. The van der Waals surface area contributed by atoms with E-state index in [2.05, 4.69) is 0 Å². The first-order valence-corrected chi connectivity index (χ1v) is 24.5. The summed E-state index contributed by atoms with van der Waals surface area (Å²) >= 11 is 0. The molecule has 34 nitrogen and oxygen atoms in total. The Balaban J connectivity index is 1.15. The molecule has 9 aromatic rings. The van der Waals surface area contributed by atoms with Crippen LogP contribution < -0.4 is 16.0 Å². The molecular weight excluding hydrogens is 1200 g/mol. The highest BCUT2D eigenvalue weighted by Crippen LogP contribution is 2.51. The highest BCUT2D eigenvalue weighted by atomic mass is 16.7. The molecule has 0 bridgehead atoms. The van der Waals surface area contributed by atoms with Crippen LogP contribution in [0.15, 0.2) is 85.2 Å². The van der Waals surface area contributed by atoms with Crippen LogP contribution in [0.2, 0.25) is 0 Å². The minimum atomic E-state index is -2.80. The van der Waals surface area contributed by atoms with Gasteiger partial charge in [-0.3, -0.25) is 0 Å². The zero-order valence-electron chi connectivity index (χ0n) is 43.5. The van der Waals surface area contributed by atoms with E-state index in [1.807, 2.05) is 0 Å². The highest BCUT2D eigenvalue weighted by molar-refractivity contribution is 6.22. The van der Waals surface area contributed by atoms with E-state index < -0.39 is 254 Å². The topological polar surface area (TPSA) is 575 Å². The number of benzene rings is 7. The molecule has 1 fully saturated rings. The van der Waals surface area contributed by atoms with E-state index in [-0.39, 0.29) is 6.07 Å². The van der Waals surface area contributed by atoms with Gasteiger partial charge in [0.15, 0.2) is 115 Å². The molecule has 1 saturated heterocycles. The first-order chi connectivity index (χ1) is 41.9. The van der Waals surface area contributed by atoms with Crippen LogP contribution in [-0.2, 0) is 28.4 Å². The minimum absolute atomic E-state index is 0.276. The predicted molar refractivity (Wildman–Crippen MR) is 281 cm³/mol. The normalized spacial score (nSPS) is 16.4. The second-order valence-corrected chi connectivity index (χ2v) is 18.9. The van der Waals surface area contributed by atoms with Crippen LogP contribution in [0.4, 0.5) is 0 Å². The molecule has 18 N–H and O–H groups in total. The largest absolute Gasteiger partial charge is 0.504 e. The van der Waals surface area contributed by atoms with E-state index in [1.165, 1.54) is 0 Å². The summed E-state index contributed by atoms with van der Waals surface area (Å²) in [4.78, 5) is 98.1. The van der Waals surface area contributed by atoms with Crippen molar-refractivity contribution in [3.8, 4) is 115 Å². The fourth-order valence-electron chi connectivity index (χ4n) is 9.02. The third kappa shape index (κ3) is 10.4. The number of phenols is 18. The summed E-state index contributed by atoms with van der Waals surface area (Å²) in [5.74, 6) is -33.4. The fraction of sp³-hybridized carbons (Fsp3) is 0.109. The molecule has 5 unspecified atom stereocenters. The third-order valence-corrected chi connectivity index (χ3v) is 13.3. The molecule has 7 aromatic carbocycles. The Kier molecular flexibility index (Phi) is 14.5. The standard InChI is InChI=1S/C55H36O34/c56-20-1-13(2-21(57)34(20)66)48(74)81-12-31-43(84-54(80)19-10-28(64)38(70)41(73)42(19)82-30-11-18-33-32-17(52(78)86-45(33)40(30)72)9-29(65)39(71)44(32)85-53(18)79)46(87-49(75)14-3-22(58)35(67)23(59)4-14)47(88-50(76)15-5-24(60)36(68)25(61)6-15)55(83-31)89-51(77)16-7-26(62)37(69)27(63)8-16/h1-11,31,43,46-47,55-73H,12H2. The Bertz CT molecular complexity index is 4540. The molecule has 1 aliphatic rings. The molecule has 3 heterocycles. The number of hydrogen-bond donors (Lipinski definition) is 18. The van der Waals surface area contributed by atoms with Gasteiger partial charge in [0.2, 0.25) is 35.4 Å². The average molecular weight is 1240 g/mol. The Morgan fingerprint density at radius 1 is 0.371 bits per heavy atom. The number of ether oxygens (including phenoxy) is 7. The number of aromatic hydroxyl groups is 18. The molecule has 0 spiro atoms. The van der Waals surface area contributed by atoms with Crippen molar-refractivity contribution < 1.29 is 158 Å². The summed E-state index contributed by atoms with van der Waals surface area (Å²) in [6.45, 7) is -1.46. The second-order valence-electron chi connectivity index (χ2n) is 18.9. The Hall–Kier alpha value is -13.0. The van der Waals surface area contributed by atoms with Crippen LogP contribution in [-0.4, -0.2) is 159 Å². The Morgan fingerprint density at radius 2 is 0.742 bits per heavy atom. The van der Waals surface area contributed by atoms with Crippen molar-refractivity contribution in [1.82, 2.24) is 0 Å². The lowest BCUT2D eigenvalue weighted by Crippen LogP contribution is -2.63. The lowest BCUT2D eigenvalue weighted by molar-refractivity contribution is -0.282. The van der Waals surface area contributed by atoms with Gasteiger partial charge in [-0.15, -0.1) is 0 Å². The van der Waals surface area contributed by atoms with Crippen molar-refractivity contribution >= 4 is 62.6 Å². The number of carbonyl (C=O) groups is 5. The van der Waals surface area contributed by atoms with Gasteiger partial charge in [0.25, 0.3) is 0 Å². The maximum absolute atomic E-state index is 15.0. The smallest absolute Gasteiger partial charge is 0.344 e. The van der Waals surface area contributed by atoms with Gasteiger partial charge >= 0.3 is 41.1 Å². The molecule has 5 atom stereocenters. The van der Waals surface area contributed by atoms with Crippen molar-refractivity contribution in [3.63, 3.8) is 0 Å². The summed E-state index contributed by atoms with van der Waals surface area (Å²) < 4.78 is 50.0. The van der Waals surface area contributed by atoms with Gasteiger partial charge in [0.05, 0.1) is 33.0 Å². The van der Waals surface area contributed by atoms with Gasteiger partial charge in [-0.05, 0) is 54.6 Å². The van der Waals surface area contributed by atoms with Crippen LogP contribution >= 0.6 is 0 Å². The zero-order valence-corrected chi connectivity index (χ0v) is 43.5. The van der Waals surface area contributed by atoms with Crippen LogP contribution in [0, 0.1) is 0 Å². The number of carbonyl (C=O) groups excluding carboxylic acids is 5. The van der Waals surface area contributed by atoms with Crippen molar-refractivity contribution in [3.05, 3.63) is 115 Å². The van der Waals surface area contributed by atoms with Crippen molar-refractivity contribution in [2.75, 3.05) is 6.61 Å². The van der Waals surface area contributed by atoms with Crippen LogP contribution in [0.3, 0.4) is 0 Å². The third-order valence-electron chi connectivity index (χ3n) is 13.3. The van der Waals surface area contributed by atoms with Gasteiger partial charge in [-0.2, -0.15) is 0 Å². The van der Waals surface area contributed by atoms with Crippen molar-refractivity contribution in [2.24, 2.45) is 0 Å². The predicted octanol–water partition coefficient (Wildman–Crippen LogP) is 3.40. The number of hydrogen-bond acceptors (Lipinski definition) is 34. The average Bonchev–Trinajstić information content (AvgIpc) is 0.725. The molecule has 1 aliphatic heterocycles. The van der Waals surface area contributed by atoms with Gasteiger partial charge in [-0.25, -0.2) is 33.6 Å². The first-order valence-electron chi connectivity index (χ1n) is 24.5. The quantitative estimate of drug-likeness (QED) is 0.0258. The monoisotopic (exact) mass is 1240 g/mol. The van der Waals surface area contributed by atoms with Crippen LogP contribution in [0.5, 0.6) is 115 Å².